The molecule has 1 N–H and O–H groups in total. The van der Waals surface area contributed by atoms with E-state index in [1.807, 2.05) is 18.2 Å². The Labute approximate surface area is 259 Å². The largest absolute Gasteiger partial charge is 1.00 e. The molecule has 0 atom stereocenters. The molecular formula is C33H40BClNaO2. The van der Waals surface area contributed by atoms with Crippen LogP contribution in [0.25, 0.3) is 0 Å². The maximum Gasteiger partial charge on any atom is 1.00 e. The normalized spacial score (nSPS) is 14.8. The number of alkyl halides is 1. The molecule has 0 saturated heterocycles. The number of halogens is 1. The first-order chi connectivity index (χ1) is 17.7. The molecule has 5 heteroatoms. The summed E-state index contributed by atoms with van der Waals surface area (Å²) in [6, 6.07) is 19.0. The van der Waals surface area contributed by atoms with Gasteiger partial charge in [0.1, 0.15) is 6.29 Å². The summed E-state index contributed by atoms with van der Waals surface area (Å²) in [5.74, 6) is 0.646. The van der Waals surface area contributed by atoms with Gasteiger partial charge in [-0.25, -0.2) is 0 Å². The summed E-state index contributed by atoms with van der Waals surface area (Å²) in [5, 5.41) is 8.94. The van der Waals surface area contributed by atoms with Crippen molar-refractivity contribution in [2.75, 3.05) is 0 Å². The molecule has 195 valence electrons. The first-order valence-electron chi connectivity index (χ1n) is 13.7. The quantitative estimate of drug-likeness (QED) is 0.304. The van der Waals surface area contributed by atoms with Crippen molar-refractivity contribution in [3.05, 3.63) is 105 Å². The Kier molecular flexibility index (Phi) is 15.0. The standard InChI is InChI=1S/C11H13Cl.C11H14O.C11H12O.B.Na.H/c3*12-8-9-5-6-10-3-1-2-4-11(10)7-9;;;/h5-7H,1-4,8H2;5-7,12H,1-4,8H2;5-8H,1-4H2;;;/q;;;;+1;-1. The predicted molar refractivity (Wildman–Crippen MR) is 157 cm³/mol. The Bertz CT molecular complexity index is 1110. The van der Waals surface area contributed by atoms with E-state index in [-0.39, 0.29) is 46.0 Å². The van der Waals surface area contributed by atoms with Crippen LogP contribution >= 0.6 is 11.6 Å². The first-order valence-corrected chi connectivity index (χ1v) is 14.2. The third-order valence-corrected chi connectivity index (χ3v) is 7.98. The fourth-order valence-corrected chi connectivity index (χ4v) is 5.75. The molecule has 2 nitrogen and oxygen atoms in total. The van der Waals surface area contributed by atoms with E-state index < -0.39 is 0 Å². The monoisotopic (exact) mass is 537 g/mol. The molecule has 0 fully saturated rings. The van der Waals surface area contributed by atoms with Crippen LogP contribution in [0.15, 0.2) is 54.6 Å². The van der Waals surface area contributed by atoms with Crippen LogP contribution in [0.1, 0.15) is 94.8 Å². The average molecular weight is 538 g/mol. The van der Waals surface area contributed by atoms with E-state index in [0.29, 0.717) is 5.88 Å². The number of carbonyl (C=O) groups is 1. The van der Waals surface area contributed by atoms with Crippen LogP contribution in [0.4, 0.5) is 0 Å². The molecule has 3 aliphatic carbocycles. The second-order valence-electron chi connectivity index (χ2n) is 10.3. The summed E-state index contributed by atoms with van der Waals surface area (Å²) in [6.07, 6.45) is 16.1. The van der Waals surface area contributed by atoms with Gasteiger partial charge in [-0.3, -0.25) is 4.79 Å². The number of aryl methyl sites for hydroxylation is 6. The SMILES string of the molecule is ClCc1ccc2c(c1)CCCC2.O=Cc1ccc2c(c1)CCCC2.OCc1ccc2c(c1)CCCC2.[B].[H-].[Na+]. The second-order valence-corrected chi connectivity index (χ2v) is 10.5. The summed E-state index contributed by atoms with van der Waals surface area (Å²) >= 11 is 5.77. The Morgan fingerprint density at radius 1 is 0.632 bits per heavy atom. The van der Waals surface area contributed by atoms with Gasteiger partial charge in [-0.1, -0.05) is 48.5 Å². The molecule has 0 aliphatic heterocycles. The zero-order valence-electron chi connectivity index (χ0n) is 24.0. The molecule has 6 rings (SSSR count). The van der Waals surface area contributed by atoms with Crippen LogP contribution in [-0.2, 0) is 51.0 Å². The minimum absolute atomic E-state index is 0. The molecular weight excluding hydrogens is 498 g/mol. The maximum atomic E-state index is 10.5. The smallest absolute Gasteiger partial charge is 1.00 e. The summed E-state index contributed by atoms with van der Waals surface area (Å²) < 4.78 is 0. The van der Waals surface area contributed by atoms with E-state index in [4.69, 9.17) is 16.7 Å². The number of fused-ring (bicyclic) bond motifs is 3. The summed E-state index contributed by atoms with van der Waals surface area (Å²) in [6.45, 7) is 0.174. The molecule has 3 aliphatic rings. The zero-order valence-corrected chi connectivity index (χ0v) is 25.7. The van der Waals surface area contributed by atoms with Gasteiger partial charge in [0, 0.05) is 19.9 Å². The molecule has 0 unspecified atom stereocenters. The summed E-state index contributed by atoms with van der Waals surface area (Å²) in [5.41, 5.74) is 11.9. The number of rotatable bonds is 3. The number of benzene rings is 3. The van der Waals surface area contributed by atoms with Crippen molar-refractivity contribution in [2.45, 2.75) is 89.5 Å². The van der Waals surface area contributed by atoms with Crippen LogP contribution < -0.4 is 29.6 Å². The second kappa shape index (κ2) is 17.4. The van der Waals surface area contributed by atoms with Crippen LogP contribution in [0.3, 0.4) is 0 Å². The van der Waals surface area contributed by atoms with Gasteiger partial charge in [-0.15, -0.1) is 11.6 Å². The Hall–Kier alpha value is -1.36. The fourth-order valence-electron chi connectivity index (χ4n) is 5.58. The predicted octanol–water partition coefficient (Wildman–Crippen LogP) is 4.48. The molecule has 0 aromatic heterocycles. The van der Waals surface area contributed by atoms with Gasteiger partial charge in [-0.2, -0.15) is 0 Å². The van der Waals surface area contributed by atoms with Crippen molar-refractivity contribution in [1.82, 2.24) is 0 Å². The van der Waals surface area contributed by atoms with Crippen molar-refractivity contribution in [3.8, 4) is 0 Å². The van der Waals surface area contributed by atoms with Crippen LogP contribution in [0.2, 0.25) is 0 Å². The molecule has 3 aromatic rings. The fraction of sp³-hybridized carbons (Fsp3) is 0.424. The molecule has 0 amide bonds. The van der Waals surface area contributed by atoms with E-state index in [0.717, 1.165) is 23.8 Å². The van der Waals surface area contributed by atoms with E-state index in [9.17, 15) is 4.79 Å². The number of aliphatic hydroxyl groups excluding tert-OH is 1. The van der Waals surface area contributed by atoms with Gasteiger partial charge >= 0.3 is 29.6 Å². The molecule has 38 heavy (non-hydrogen) atoms. The zero-order chi connectivity index (χ0) is 25.2. The van der Waals surface area contributed by atoms with Crippen molar-refractivity contribution in [2.24, 2.45) is 0 Å². The number of hydrogen-bond acceptors (Lipinski definition) is 2. The molecule has 0 spiro atoms. The van der Waals surface area contributed by atoms with Gasteiger partial charge in [0.05, 0.1) is 6.61 Å². The number of carbonyl (C=O) groups excluding carboxylic acids is 1. The molecule has 0 heterocycles. The maximum absolute atomic E-state index is 10.5. The summed E-state index contributed by atoms with van der Waals surface area (Å²) in [4.78, 5) is 10.5. The average Bonchev–Trinajstić information content (AvgIpc) is 2.97. The van der Waals surface area contributed by atoms with E-state index in [1.165, 1.54) is 110 Å². The van der Waals surface area contributed by atoms with Gasteiger partial charge in [0.2, 0.25) is 0 Å². The van der Waals surface area contributed by atoms with Gasteiger partial charge < -0.3 is 6.53 Å². The van der Waals surface area contributed by atoms with E-state index in [1.54, 1.807) is 0 Å². The van der Waals surface area contributed by atoms with Crippen molar-refractivity contribution < 1.29 is 40.9 Å². The van der Waals surface area contributed by atoms with E-state index in [2.05, 4.69) is 36.4 Å². The van der Waals surface area contributed by atoms with Gasteiger partial charge in [0.15, 0.2) is 0 Å². The van der Waals surface area contributed by atoms with Gasteiger partial charge in [0.25, 0.3) is 0 Å². The number of hydrogen-bond donors (Lipinski definition) is 1. The Morgan fingerprint density at radius 2 is 1.03 bits per heavy atom. The number of aldehydes is 1. The number of aliphatic hydroxyl groups is 1. The molecule has 3 aromatic carbocycles. The molecule has 0 bridgehead atoms. The van der Waals surface area contributed by atoms with Gasteiger partial charge in [-0.05, 0) is 128 Å². The third-order valence-electron chi connectivity index (χ3n) is 7.67. The van der Waals surface area contributed by atoms with Crippen molar-refractivity contribution >= 4 is 26.3 Å². The third kappa shape index (κ3) is 9.38. The minimum Gasteiger partial charge on any atom is -1.00 e. The molecule has 0 saturated carbocycles. The van der Waals surface area contributed by atoms with Crippen LogP contribution in [0.5, 0.6) is 0 Å². The Balaban J connectivity index is 0.000000282. The van der Waals surface area contributed by atoms with Crippen molar-refractivity contribution in [1.29, 1.82) is 0 Å². The minimum atomic E-state index is 0. The Morgan fingerprint density at radius 3 is 1.47 bits per heavy atom. The molecule has 3 radical (unpaired) electrons. The van der Waals surface area contributed by atoms with Crippen molar-refractivity contribution in [3.63, 3.8) is 0 Å². The van der Waals surface area contributed by atoms with Crippen LogP contribution in [0, 0.1) is 0 Å². The summed E-state index contributed by atoms with van der Waals surface area (Å²) in [7, 11) is 0. The topological polar surface area (TPSA) is 37.3 Å². The van der Waals surface area contributed by atoms with E-state index >= 15 is 0 Å². The van der Waals surface area contributed by atoms with Crippen LogP contribution in [-0.4, -0.2) is 19.8 Å². The first kappa shape index (κ1) is 32.9.